The van der Waals surface area contributed by atoms with Crippen molar-refractivity contribution < 1.29 is 4.74 Å². The molecule has 2 rings (SSSR count). The minimum absolute atomic E-state index is 0.363. The molecule has 0 radical (unpaired) electrons. The van der Waals surface area contributed by atoms with Gasteiger partial charge in [-0.05, 0) is 50.2 Å². The third-order valence-corrected chi connectivity index (χ3v) is 4.70. The Kier molecular flexibility index (Phi) is 10.2. The highest BCUT2D eigenvalue weighted by Gasteiger charge is 2.02. The molecule has 1 aromatic carbocycles. The molecule has 3 nitrogen and oxygen atoms in total. The second kappa shape index (κ2) is 13.0. The Balaban J connectivity index is 1.72. The maximum absolute atomic E-state index is 5.84. The first-order valence-electron chi connectivity index (χ1n) is 10.5. The Morgan fingerprint density at radius 3 is 2.50 bits per heavy atom. The van der Waals surface area contributed by atoms with Gasteiger partial charge in [-0.3, -0.25) is 0 Å². The average Bonchev–Trinajstić information content (AvgIpc) is 2.72. The Hall–Kier alpha value is -2.26. The van der Waals surface area contributed by atoms with Gasteiger partial charge < -0.3 is 4.74 Å². The maximum Gasteiger partial charge on any atom is 0.159 e. The minimum Gasteiger partial charge on any atom is -0.379 e. The van der Waals surface area contributed by atoms with Crippen LogP contribution in [0.1, 0.15) is 63.5 Å². The van der Waals surface area contributed by atoms with Crippen LogP contribution in [-0.4, -0.2) is 22.7 Å². The lowest BCUT2D eigenvalue weighted by Gasteiger charge is -2.11. The first kappa shape index (κ1) is 22.0. The Morgan fingerprint density at radius 2 is 1.82 bits per heavy atom. The number of hydrogen-bond donors (Lipinski definition) is 0. The van der Waals surface area contributed by atoms with Gasteiger partial charge in [0.05, 0.1) is 6.10 Å². The molecule has 1 atom stereocenters. The number of hydrogen-bond acceptors (Lipinski definition) is 3. The highest BCUT2D eigenvalue weighted by atomic mass is 16.5. The number of rotatable bonds is 13. The molecular formula is C25H34N2O. The van der Waals surface area contributed by atoms with Crippen molar-refractivity contribution in [2.75, 3.05) is 6.61 Å². The van der Waals surface area contributed by atoms with Crippen LogP contribution in [-0.2, 0) is 11.2 Å². The number of nitrogens with zero attached hydrogens (tertiary/aromatic N) is 2. The monoisotopic (exact) mass is 378 g/mol. The van der Waals surface area contributed by atoms with E-state index in [1.54, 1.807) is 0 Å². The van der Waals surface area contributed by atoms with Crippen molar-refractivity contribution in [2.45, 2.75) is 64.9 Å². The molecule has 150 valence electrons. The van der Waals surface area contributed by atoms with Gasteiger partial charge in [0.1, 0.15) is 0 Å². The molecule has 28 heavy (non-hydrogen) atoms. The number of unbranched alkanes of at least 4 members (excludes halogenated alkanes) is 3. The average molecular weight is 379 g/mol. The van der Waals surface area contributed by atoms with Crippen molar-refractivity contribution in [1.82, 2.24) is 9.97 Å². The summed E-state index contributed by atoms with van der Waals surface area (Å²) in [6.07, 6.45) is 18.3. The Bertz CT molecular complexity index is 704. The van der Waals surface area contributed by atoms with Crippen LogP contribution in [0, 0.1) is 0 Å². The van der Waals surface area contributed by atoms with Crippen molar-refractivity contribution in [1.29, 1.82) is 0 Å². The lowest BCUT2D eigenvalue weighted by Crippen LogP contribution is -2.08. The lowest BCUT2D eigenvalue weighted by molar-refractivity contribution is 0.0566. The van der Waals surface area contributed by atoms with E-state index in [0.717, 1.165) is 49.2 Å². The molecule has 0 saturated carbocycles. The fourth-order valence-corrected chi connectivity index (χ4v) is 2.98. The van der Waals surface area contributed by atoms with Crippen LogP contribution in [0.5, 0.6) is 0 Å². The fraction of sp³-hybridized carbons (Fsp3) is 0.440. The quantitative estimate of drug-likeness (QED) is 0.289. The van der Waals surface area contributed by atoms with Gasteiger partial charge in [0.25, 0.3) is 0 Å². The zero-order valence-electron chi connectivity index (χ0n) is 17.4. The highest BCUT2D eigenvalue weighted by molar-refractivity contribution is 5.59. The molecule has 0 aliphatic rings. The third-order valence-electron chi connectivity index (χ3n) is 4.70. The lowest BCUT2D eigenvalue weighted by atomic mass is 10.1. The molecule has 1 heterocycles. The molecule has 1 unspecified atom stereocenters. The van der Waals surface area contributed by atoms with Gasteiger partial charge in [-0.15, -0.1) is 6.58 Å². The van der Waals surface area contributed by atoms with E-state index in [2.05, 4.69) is 66.8 Å². The van der Waals surface area contributed by atoms with E-state index in [1.807, 2.05) is 18.5 Å². The van der Waals surface area contributed by atoms with Crippen LogP contribution in [0.3, 0.4) is 0 Å². The van der Waals surface area contributed by atoms with Crippen LogP contribution in [0.2, 0.25) is 0 Å². The molecule has 0 fully saturated rings. The van der Waals surface area contributed by atoms with Crippen molar-refractivity contribution in [3.8, 4) is 11.4 Å². The zero-order chi connectivity index (χ0) is 20.0. The summed E-state index contributed by atoms with van der Waals surface area (Å²) < 4.78 is 5.84. The summed E-state index contributed by atoms with van der Waals surface area (Å²) in [5.41, 5.74) is 3.33. The summed E-state index contributed by atoms with van der Waals surface area (Å²) in [6.45, 7) is 9.04. The second-order valence-corrected chi connectivity index (χ2v) is 7.25. The van der Waals surface area contributed by atoms with Gasteiger partial charge >= 0.3 is 0 Å². The van der Waals surface area contributed by atoms with E-state index in [0.29, 0.717) is 6.10 Å². The highest BCUT2D eigenvalue weighted by Crippen LogP contribution is 2.17. The second-order valence-electron chi connectivity index (χ2n) is 7.25. The van der Waals surface area contributed by atoms with Crippen molar-refractivity contribution in [3.05, 3.63) is 66.5 Å². The molecule has 0 amide bonds. The molecule has 0 saturated heterocycles. The van der Waals surface area contributed by atoms with E-state index in [4.69, 9.17) is 4.74 Å². The van der Waals surface area contributed by atoms with Crippen LogP contribution < -0.4 is 0 Å². The van der Waals surface area contributed by atoms with E-state index < -0.39 is 0 Å². The maximum atomic E-state index is 5.84. The first-order chi connectivity index (χ1) is 13.7. The SMILES string of the molecule is C=CCc1cnc(-c2ccc(C=CCCCC(C)OCCCCC)cc2)nc1. The Labute approximate surface area is 170 Å². The molecule has 0 N–H and O–H groups in total. The van der Waals surface area contributed by atoms with Gasteiger partial charge in [0.15, 0.2) is 5.82 Å². The summed E-state index contributed by atoms with van der Waals surface area (Å²) in [6, 6.07) is 8.39. The summed E-state index contributed by atoms with van der Waals surface area (Å²) in [7, 11) is 0. The predicted octanol–water partition coefficient (Wildman–Crippen LogP) is 6.65. The number of ether oxygens (including phenoxy) is 1. The van der Waals surface area contributed by atoms with Gasteiger partial charge in [-0.2, -0.15) is 0 Å². The van der Waals surface area contributed by atoms with Crippen LogP contribution in [0.25, 0.3) is 17.5 Å². The fourth-order valence-electron chi connectivity index (χ4n) is 2.98. The van der Waals surface area contributed by atoms with E-state index in [1.165, 1.54) is 24.8 Å². The van der Waals surface area contributed by atoms with Crippen molar-refractivity contribution >= 4 is 6.08 Å². The van der Waals surface area contributed by atoms with E-state index in [-0.39, 0.29) is 0 Å². The first-order valence-corrected chi connectivity index (χ1v) is 10.5. The van der Waals surface area contributed by atoms with Crippen molar-refractivity contribution in [2.24, 2.45) is 0 Å². The molecule has 2 aromatic rings. The third kappa shape index (κ3) is 8.18. The molecule has 1 aromatic heterocycles. The van der Waals surface area contributed by atoms with Gasteiger partial charge in [-0.25, -0.2) is 9.97 Å². The number of benzene rings is 1. The smallest absolute Gasteiger partial charge is 0.159 e. The topological polar surface area (TPSA) is 35.0 Å². The molecule has 0 spiro atoms. The minimum atomic E-state index is 0.363. The van der Waals surface area contributed by atoms with Crippen LogP contribution in [0.15, 0.2) is 55.4 Å². The standard InChI is InChI=1S/C25H34N2O/c1-4-6-10-18-28-21(3)12-8-7-9-13-22-14-16-24(17-15-22)25-26-19-23(11-5-2)20-27-25/h5,9,13-17,19-21H,2,4,6-8,10-12,18H2,1,3H3. The van der Waals surface area contributed by atoms with Gasteiger partial charge in [0.2, 0.25) is 0 Å². The van der Waals surface area contributed by atoms with Gasteiger partial charge in [-0.1, -0.05) is 62.3 Å². The van der Waals surface area contributed by atoms with E-state index >= 15 is 0 Å². The molecule has 0 aliphatic carbocycles. The van der Waals surface area contributed by atoms with Crippen LogP contribution in [0.4, 0.5) is 0 Å². The molecule has 0 bridgehead atoms. The molecular weight excluding hydrogens is 344 g/mol. The summed E-state index contributed by atoms with van der Waals surface area (Å²) in [5, 5.41) is 0. The summed E-state index contributed by atoms with van der Waals surface area (Å²) in [4.78, 5) is 8.89. The molecule has 3 heteroatoms. The molecule has 0 aliphatic heterocycles. The number of aromatic nitrogens is 2. The normalized spacial score (nSPS) is 12.4. The number of allylic oxidation sites excluding steroid dienone is 2. The summed E-state index contributed by atoms with van der Waals surface area (Å²) in [5.74, 6) is 0.760. The predicted molar refractivity (Wildman–Crippen MR) is 119 cm³/mol. The zero-order valence-corrected chi connectivity index (χ0v) is 17.4. The largest absolute Gasteiger partial charge is 0.379 e. The van der Waals surface area contributed by atoms with Crippen LogP contribution >= 0.6 is 0 Å². The Morgan fingerprint density at radius 1 is 1.07 bits per heavy atom. The van der Waals surface area contributed by atoms with E-state index in [9.17, 15) is 0 Å². The summed E-state index contributed by atoms with van der Waals surface area (Å²) >= 11 is 0. The van der Waals surface area contributed by atoms with Crippen molar-refractivity contribution in [3.63, 3.8) is 0 Å². The van der Waals surface area contributed by atoms with Gasteiger partial charge in [0, 0.05) is 24.6 Å².